The van der Waals surface area contributed by atoms with Crippen LogP contribution in [0.15, 0.2) is 42.0 Å². The van der Waals surface area contributed by atoms with Crippen LogP contribution < -0.4 is 4.84 Å². The minimum atomic E-state index is 0.0930. The molecule has 0 saturated heterocycles. The second kappa shape index (κ2) is 5.88. The Hall–Kier alpha value is -2.03. The van der Waals surface area contributed by atoms with Gasteiger partial charge in [-0.25, -0.2) is 0 Å². The van der Waals surface area contributed by atoms with Crippen molar-refractivity contribution in [3.8, 4) is 0 Å². The van der Waals surface area contributed by atoms with Gasteiger partial charge in [0.15, 0.2) is 0 Å². The molecule has 0 bridgehead atoms. The first-order valence-corrected chi connectivity index (χ1v) is 8.30. The molecule has 1 unspecified atom stereocenters. The molecule has 3 heteroatoms. The topological polar surface area (TPSA) is 31.2 Å². The van der Waals surface area contributed by atoms with E-state index in [4.69, 9.17) is 4.84 Å². The predicted octanol–water partition coefficient (Wildman–Crippen LogP) is 4.66. The molecule has 23 heavy (non-hydrogen) atoms. The van der Waals surface area contributed by atoms with Crippen molar-refractivity contribution in [3.63, 3.8) is 0 Å². The molecule has 2 aromatic rings. The maximum Gasteiger partial charge on any atom is 0.208 e. The van der Waals surface area contributed by atoms with Crippen molar-refractivity contribution in [1.82, 2.24) is 4.73 Å². The normalized spacial score (nSPS) is 18.8. The van der Waals surface area contributed by atoms with Gasteiger partial charge in [0.1, 0.15) is 12.8 Å². The van der Waals surface area contributed by atoms with Crippen molar-refractivity contribution in [1.29, 1.82) is 0 Å². The fraction of sp³-hybridized carbons (Fsp3) is 0.450. The Morgan fingerprint density at radius 1 is 1.26 bits per heavy atom. The van der Waals surface area contributed by atoms with Crippen LogP contribution >= 0.6 is 0 Å². The molecule has 1 heterocycles. The Labute approximate surface area is 137 Å². The number of ketones is 1. The molecule has 122 valence electrons. The molecule has 3 rings (SSSR count). The van der Waals surface area contributed by atoms with Gasteiger partial charge in [0.2, 0.25) is 5.78 Å². The summed E-state index contributed by atoms with van der Waals surface area (Å²) in [6, 6.07) is 9.84. The number of fused-ring (bicyclic) bond motifs is 1. The van der Waals surface area contributed by atoms with Crippen molar-refractivity contribution >= 4 is 16.7 Å². The number of hydrogen-bond acceptors (Lipinski definition) is 2. The third-order valence-electron chi connectivity index (χ3n) is 5.01. The monoisotopic (exact) mass is 311 g/mol. The number of hydrogen-bond donors (Lipinski definition) is 0. The Balaban J connectivity index is 1.91. The maximum atomic E-state index is 12.9. The van der Waals surface area contributed by atoms with Gasteiger partial charge in [-0.2, -0.15) is 4.73 Å². The van der Waals surface area contributed by atoms with Crippen molar-refractivity contribution in [2.45, 2.75) is 40.0 Å². The zero-order valence-corrected chi connectivity index (χ0v) is 14.4. The van der Waals surface area contributed by atoms with Gasteiger partial charge in [0.25, 0.3) is 0 Å². The van der Waals surface area contributed by atoms with Crippen LogP contribution in [0.1, 0.15) is 50.5 Å². The van der Waals surface area contributed by atoms with Crippen molar-refractivity contribution in [2.75, 3.05) is 7.11 Å². The molecule has 3 nitrogen and oxygen atoms in total. The molecule has 0 spiro atoms. The third-order valence-corrected chi connectivity index (χ3v) is 5.01. The lowest BCUT2D eigenvalue weighted by molar-refractivity contribution is 0.0968. The van der Waals surface area contributed by atoms with Crippen LogP contribution in [0.2, 0.25) is 0 Å². The van der Waals surface area contributed by atoms with Crippen molar-refractivity contribution in [3.05, 3.63) is 47.7 Å². The highest BCUT2D eigenvalue weighted by Gasteiger charge is 2.29. The second-order valence-electron chi connectivity index (χ2n) is 7.46. The largest absolute Gasteiger partial charge is 0.416 e. The number of rotatable bonds is 3. The molecule has 0 radical (unpaired) electrons. The van der Waals surface area contributed by atoms with E-state index >= 15 is 0 Å². The van der Waals surface area contributed by atoms with E-state index in [9.17, 15) is 4.79 Å². The summed E-state index contributed by atoms with van der Waals surface area (Å²) in [5.41, 5.74) is 2.77. The molecule has 1 aromatic carbocycles. The lowest BCUT2D eigenvalue weighted by Crippen LogP contribution is -2.24. The summed E-state index contributed by atoms with van der Waals surface area (Å²) < 4.78 is 1.65. The summed E-state index contributed by atoms with van der Waals surface area (Å²) in [6.07, 6.45) is 5.05. The molecular formula is C20H25NO2. The highest BCUT2D eigenvalue weighted by atomic mass is 16.6. The molecular weight excluding hydrogens is 286 g/mol. The zero-order valence-electron chi connectivity index (χ0n) is 14.4. The molecule has 1 aromatic heterocycles. The Morgan fingerprint density at radius 3 is 2.61 bits per heavy atom. The number of allylic oxidation sites excluding steroid dienone is 2. The van der Waals surface area contributed by atoms with E-state index in [2.05, 4.69) is 26.8 Å². The number of Topliss-reactive ketones (excluding diaryl/α,β-unsaturated/α-hetero) is 1. The molecule has 0 N–H and O–H groups in total. The summed E-state index contributed by atoms with van der Waals surface area (Å²) in [4.78, 5) is 18.4. The molecule has 0 aliphatic heterocycles. The number of aromatic nitrogens is 1. The van der Waals surface area contributed by atoms with Crippen LogP contribution in [0.3, 0.4) is 0 Å². The number of nitrogens with zero attached hydrogens (tertiary/aromatic N) is 1. The van der Waals surface area contributed by atoms with Crippen LogP contribution in [-0.4, -0.2) is 17.6 Å². The number of para-hydroxylation sites is 1. The van der Waals surface area contributed by atoms with Gasteiger partial charge in [-0.1, -0.05) is 45.0 Å². The van der Waals surface area contributed by atoms with E-state index < -0.39 is 0 Å². The first-order valence-electron chi connectivity index (χ1n) is 8.30. The fourth-order valence-electron chi connectivity index (χ4n) is 3.48. The van der Waals surface area contributed by atoms with E-state index in [0.29, 0.717) is 17.0 Å². The molecule has 1 aliphatic carbocycles. The average Bonchev–Trinajstić information content (AvgIpc) is 2.92. The number of carbonyl (C=O) groups is 1. The van der Waals surface area contributed by atoms with E-state index in [-0.39, 0.29) is 5.78 Å². The van der Waals surface area contributed by atoms with Crippen LogP contribution in [-0.2, 0) is 0 Å². The number of carbonyl (C=O) groups excluding carboxylic acids is 1. The summed E-state index contributed by atoms with van der Waals surface area (Å²) >= 11 is 0. The van der Waals surface area contributed by atoms with Crippen LogP contribution in [0.5, 0.6) is 0 Å². The minimum Gasteiger partial charge on any atom is -0.416 e. The summed E-state index contributed by atoms with van der Waals surface area (Å²) in [6.45, 7) is 6.84. The molecule has 1 atom stereocenters. The Morgan fingerprint density at radius 2 is 2.00 bits per heavy atom. The van der Waals surface area contributed by atoms with E-state index in [1.165, 1.54) is 0 Å². The molecule has 0 fully saturated rings. The van der Waals surface area contributed by atoms with Crippen LogP contribution in [0.4, 0.5) is 0 Å². The molecule has 1 aliphatic rings. The van der Waals surface area contributed by atoms with Gasteiger partial charge in [0, 0.05) is 5.39 Å². The fourth-order valence-corrected chi connectivity index (χ4v) is 3.48. The van der Waals surface area contributed by atoms with Gasteiger partial charge in [0.05, 0.1) is 5.52 Å². The van der Waals surface area contributed by atoms with Crippen LogP contribution in [0.25, 0.3) is 10.9 Å². The average molecular weight is 311 g/mol. The second-order valence-corrected chi connectivity index (χ2v) is 7.46. The lowest BCUT2D eigenvalue weighted by Gasteiger charge is -2.33. The van der Waals surface area contributed by atoms with Gasteiger partial charge in [-0.15, -0.1) is 0 Å². The van der Waals surface area contributed by atoms with E-state index in [0.717, 1.165) is 35.7 Å². The highest BCUT2D eigenvalue weighted by molar-refractivity contribution is 6.10. The van der Waals surface area contributed by atoms with Crippen LogP contribution in [0, 0.1) is 11.3 Å². The molecule has 0 saturated carbocycles. The van der Waals surface area contributed by atoms with E-state index in [1.54, 1.807) is 11.8 Å². The zero-order chi connectivity index (χ0) is 16.6. The lowest BCUT2D eigenvalue weighted by atomic mass is 9.72. The van der Waals surface area contributed by atoms with Crippen molar-refractivity contribution < 1.29 is 9.63 Å². The van der Waals surface area contributed by atoms with Crippen molar-refractivity contribution in [2.24, 2.45) is 11.3 Å². The first kappa shape index (κ1) is 15.9. The third kappa shape index (κ3) is 2.92. The van der Waals surface area contributed by atoms with E-state index in [1.807, 2.05) is 30.3 Å². The predicted molar refractivity (Wildman–Crippen MR) is 93.7 cm³/mol. The highest BCUT2D eigenvalue weighted by Crippen LogP contribution is 2.38. The SMILES string of the molecule is COn1c(C(=O)C2=CCC(C(C)(C)C)CC2)cc2ccccc21. The van der Waals surface area contributed by atoms with Gasteiger partial charge >= 0.3 is 0 Å². The minimum absolute atomic E-state index is 0.0930. The Kier molecular flexibility index (Phi) is 4.05. The quantitative estimate of drug-likeness (QED) is 0.772. The summed E-state index contributed by atoms with van der Waals surface area (Å²) in [7, 11) is 1.61. The van der Waals surface area contributed by atoms with Gasteiger partial charge in [-0.05, 0) is 48.3 Å². The Bertz CT molecular complexity index is 762. The standard InChI is InChI=1S/C20H25NO2/c1-20(2,3)16-11-9-14(10-12-16)19(22)18-13-15-7-5-6-8-17(15)21(18)23-4/h5-9,13,16H,10-12H2,1-4H3. The summed E-state index contributed by atoms with van der Waals surface area (Å²) in [5, 5.41) is 1.03. The maximum absolute atomic E-state index is 12.9. The number of benzene rings is 1. The van der Waals surface area contributed by atoms with Gasteiger partial charge < -0.3 is 4.84 Å². The summed E-state index contributed by atoms with van der Waals surface area (Å²) in [5.74, 6) is 0.739. The smallest absolute Gasteiger partial charge is 0.208 e. The van der Waals surface area contributed by atoms with Gasteiger partial charge in [-0.3, -0.25) is 4.79 Å². The first-order chi connectivity index (χ1) is 10.9. The molecule has 0 amide bonds.